The van der Waals surface area contributed by atoms with Crippen molar-refractivity contribution in [2.45, 2.75) is 13.5 Å². The predicted molar refractivity (Wildman–Crippen MR) is 48.3 cm³/mol. The van der Waals surface area contributed by atoms with Crippen LogP contribution in [-0.4, -0.2) is 11.7 Å². The smallest absolute Gasteiger partial charge is 0.225 e. The fraction of sp³-hybridized carbons (Fsp3) is 0.444. The van der Waals surface area contributed by atoms with E-state index in [1.54, 1.807) is 12.3 Å². The van der Waals surface area contributed by atoms with Gasteiger partial charge in [0.1, 0.15) is 7.05 Å². The Balaban J connectivity index is 3.05. The van der Waals surface area contributed by atoms with E-state index in [9.17, 15) is 5.11 Å². The van der Waals surface area contributed by atoms with Crippen molar-refractivity contribution < 1.29 is 14.4 Å². The lowest BCUT2D eigenvalue weighted by atomic mass is 10.3. The molecule has 13 heavy (non-hydrogen) atoms. The third-order valence-corrected chi connectivity index (χ3v) is 1.83. The Labute approximate surface area is 77.6 Å². The molecule has 0 bridgehead atoms. The second-order valence-electron chi connectivity index (χ2n) is 2.76. The predicted octanol–water partition coefficient (Wildman–Crippen LogP) is 0.0741. The second-order valence-corrected chi connectivity index (χ2v) is 2.76. The molecule has 3 N–H and O–H groups in total. The number of hydrogen-bond donors (Lipinski definition) is 2. The second kappa shape index (κ2) is 4.09. The van der Waals surface area contributed by atoms with Crippen LogP contribution in [0, 0.1) is 0 Å². The molecule has 4 nitrogen and oxygen atoms in total. The topological polar surface area (TPSA) is 59.4 Å². The first kappa shape index (κ1) is 9.80. The summed E-state index contributed by atoms with van der Waals surface area (Å²) in [6, 6.07) is 1.62. The maximum atomic E-state index is 9.48. The van der Waals surface area contributed by atoms with Gasteiger partial charge in [0.05, 0.1) is 19.2 Å². The average molecular weight is 183 g/mol. The number of nitrogens with two attached hydrogens (primary N) is 1. The molecule has 0 saturated carbocycles. The highest BCUT2D eigenvalue weighted by Gasteiger charge is 2.12. The van der Waals surface area contributed by atoms with E-state index in [4.69, 9.17) is 10.5 Å². The van der Waals surface area contributed by atoms with Crippen molar-refractivity contribution in [2.24, 2.45) is 12.8 Å². The summed E-state index contributed by atoms with van der Waals surface area (Å²) >= 11 is 0. The Hall–Kier alpha value is -1.29. The normalized spacial score (nSPS) is 10.1. The summed E-state index contributed by atoms with van der Waals surface area (Å²) in [6.45, 7) is 2.81. The van der Waals surface area contributed by atoms with Crippen LogP contribution in [0.1, 0.15) is 12.6 Å². The van der Waals surface area contributed by atoms with Crippen LogP contribution in [0.2, 0.25) is 0 Å². The first-order valence-electron chi connectivity index (χ1n) is 4.23. The molecule has 0 radical (unpaired) electrons. The first-order chi connectivity index (χ1) is 6.19. The Bertz CT molecular complexity index is 300. The molecule has 0 amide bonds. The lowest BCUT2D eigenvalue weighted by Crippen LogP contribution is -2.34. The largest absolute Gasteiger partial charge is 0.504 e. The molecule has 0 spiro atoms. The molecule has 0 atom stereocenters. The van der Waals surface area contributed by atoms with Gasteiger partial charge in [-0.2, -0.15) is 0 Å². The number of ether oxygens (including phenoxy) is 1. The van der Waals surface area contributed by atoms with Gasteiger partial charge in [0.15, 0.2) is 11.4 Å². The van der Waals surface area contributed by atoms with E-state index < -0.39 is 0 Å². The van der Waals surface area contributed by atoms with Gasteiger partial charge >= 0.3 is 0 Å². The minimum Gasteiger partial charge on any atom is -0.504 e. The number of aromatic nitrogens is 1. The number of aryl methyl sites for hydroxylation is 1. The fourth-order valence-corrected chi connectivity index (χ4v) is 1.13. The molecular weight excluding hydrogens is 168 g/mol. The minimum absolute atomic E-state index is 0.139. The summed E-state index contributed by atoms with van der Waals surface area (Å²) in [5.41, 5.74) is 6.33. The summed E-state index contributed by atoms with van der Waals surface area (Å²) in [5, 5.41) is 9.48. The van der Waals surface area contributed by atoms with E-state index in [2.05, 4.69) is 0 Å². The molecular formula is C9H15N2O2+. The third-order valence-electron chi connectivity index (χ3n) is 1.83. The molecule has 0 aliphatic heterocycles. The maximum absolute atomic E-state index is 9.48. The zero-order valence-corrected chi connectivity index (χ0v) is 7.95. The molecule has 1 heterocycles. The Kier molecular flexibility index (Phi) is 3.08. The molecule has 1 aromatic heterocycles. The number of pyridine rings is 1. The molecule has 72 valence electrons. The third kappa shape index (κ3) is 2.09. The van der Waals surface area contributed by atoms with E-state index in [0.29, 0.717) is 18.9 Å². The van der Waals surface area contributed by atoms with Gasteiger partial charge in [0.2, 0.25) is 11.9 Å². The van der Waals surface area contributed by atoms with E-state index in [-0.39, 0.29) is 5.75 Å². The van der Waals surface area contributed by atoms with Gasteiger partial charge in [-0.25, -0.2) is 4.57 Å². The van der Waals surface area contributed by atoms with Crippen LogP contribution in [0.4, 0.5) is 0 Å². The van der Waals surface area contributed by atoms with Crippen molar-refractivity contribution >= 4 is 0 Å². The van der Waals surface area contributed by atoms with Gasteiger partial charge in [-0.1, -0.05) is 0 Å². The van der Waals surface area contributed by atoms with E-state index in [0.717, 1.165) is 5.69 Å². The Morgan fingerprint density at radius 1 is 1.62 bits per heavy atom. The van der Waals surface area contributed by atoms with Crippen LogP contribution in [0.15, 0.2) is 12.3 Å². The first-order valence-corrected chi connectivity index (χ1v) is 4.23. The lowest BCUT2D eigenvalue weighted by molar-refractivity contribution is -0.679. The number of hydrogen-bond acceptors (Lipinski definition) is 3. The molecule has 0 aromatic carbocycles. The number of rotatable bonds is 3. The highest BCUT2D eigenvalue weighted by Crippen LogP contribution is 2.23. The van der Waals surface area contributed by atoms with Gasteiger partial charge in [0.25, 0.3) is 0 Å². The van der Waals surface area contributed by atoms with E-state index in [1.165, 1.54) is 0 Å². The van der Waals surface area contributed by atoms with Gasteiger partial charge < -0.3 is 15.6 Å². The molecule has 4 heteroatoms. The highest BCUT2D eigenvalue weighted by atomic mass is 16.5. The molecule has 0 saturated heterocycles. The standard InChI is InChI=1S/C9H14N2O2/c1-3-13-9-6-11(2)7(5-10)4-8(9)12/h4,6H,3,5,10H2,1-2H3/p+1. The Morgan fingerprint density at radius 2 is 2.31 bits per heavy atom. The van der Waals surface area contributed by atoms with Crippen LogP contribution in [0.5, 0.6) is 11.5 Å². The van der Waals surface area contributed by atoms with Crippen LogP contribution in [-0.2, 0) is 13.6 Å². The van der Waals surface area contributed by atoms with Crippen LogP contribution < -0.4 is 15.0 Å². The van der Waals surface area contributed by atoms with Gasteiger partial charge in [-0.3, -0.25) is 0 Å². The highest BCUT2D eigenvalue weighted by molar-refractivity contribution is 5.35. The lowest BCUT2D eigenvalue weighted by Gasteiger charge is -2.04. The van der Waals surface area contributed by atoms with Crippen LogP contribution in [0.25, 0.3) is 0 Å². The van der Waals surface area contributed by atoms with Crippen molar-refractivity contribution in [2.75, 3.05) is 6.61 Å². The summed E-state index contributed by atoms with van der Waals surface area (Å²) in [7, 11) is 1.87. The molecule has 0 aliphatic rings. The fourth-order valence-electron chi connectivity index (χ4n) is 1.13. The van der Waals surface area contributed by atoms with Crippen molar-refractivity contribution in [3.8, 4) is 11.5 Å². The van der Waals surface area contributed by atoms with Crippen molar-refractivity contribution in [1.82, 2.24) is 0 Å². The zero-order valence-electron chi connectivity index (χ0n) is 7.95. The SMILES string of the molecule is CCOc1c[n+](C)c(CN)cc1O. The van der Waals surface area contributed by atoms with Gasteiger partial charge in [-0.05, 0) is 6.92 Å². The molecule has 0 unspecified atom stereocenters. The van der Waals surface area contributed by atoms with Gasteiger partial charge in [-0.15, -0.1) is 0 Å². The van der Waals surface area contributed by atoms with Crippen molar-refractivity contribution in [3.05, 3.63) is 18.0 Å². The average Bonchev–Trinajstić information content (AvgIpc) is 2.11. The molecule has 0 aliphatic carbocycles. The van der Waals surface area contributed by atoms with E-state index >= 15 is 0 Å². The zero-order chi connectivity index (χ0) is 9.84. The maximum Gasteiger partial charge on any atom is 0.225 e. The minimum atomic E-state index is 0.139. The van der Waals surface area contributed by atoms with E-state index in [1.807, 2.05) is 18.5 Å². The summed E-state index contributed by atoms with van der Waals surface area (Å²) < 4.78 is 7.04. The van der Waals surface area contributed by atoms with Crippen LogP contribution >= 0.6 is 0 Å². The quantitative estimate of drug-likeness (QED) is 0.652. The summed E-state index contributed by atoms with van der Waals surface area (Å²) in [6.07, 6.45) is 1.72. The van der Waals surface area contributed by atoms with Gasteiger partial charge in [0, 0.05) is 0 Å². The number of nitrogens with zero attached hydrogens (tertiary/aromatic N) is 1. The number of aromatic hydroxyl groups is 1. The molecule has 1 aromatic rings. The summed E-state index contributed by atoms with van der Waals surface area (Å²) in [5.74, 6) is 0.627. The van der Waals surface area contributed by atoms with Crippen molar-refractivity contribution in [3.63, 3.8) is 0 Å². The van der Waals surface area contributed by atoms with Crippen LogP contribution in [0.3, 0.4) is 0 Å². The van der Waals surface area contributed by atoms with Crippen molar-refractivity contribution in [1.29, 1.82) is 0 Å². The Morgan fingerprint density at radius 3 is 2.85 bits per heavy atom. The molecule has 0 fully saturated rings. The molecule has 1 rings (SSSR count). The summed E-state index contributed by atoms with van der Waals surface area (Å²) in [4.78, 5) is 0. The monoisotopic (exact) mass is 183 g/mol.